The molecule has 0 atom stereocenters. The van der Waals surface area contributed by atoms with Crippen LogP contribution in [0.3, 0.4) is 0 Å². The predicted molar refractivity (Wildman–Crippen MR) is 91.3 cm³/mol. The number of imidazole rings is 1. The lowest BCUT2D eigenvalue weighted by Crippen LogP contribution is -2.17. The zero-order valence-corrected chi connectivity index (χ0v) is 14.1. The monoisotopic (exact) mass is 338 g/mol. The molecule has 0 fully saturated rings. The molecule has 0 amide bonds. The van der Waals surface area contributed by atoms with Crippen molar-refractivity contribution in [2.75, 3.05) is 13.7 Å². The summed E-state index contributed by atoms with van der Waals surface area (Å²) in [5, 5.41) is 4.45. The molecule has 0 aliphatic carbocycles. The van der Waals surface area contributed by atoms with E-state index in [9.17, 15) is 0 Å². The molecular formula is C17H18N6O2. The van der Waals surface area contributed by atoms with Gasteiger partial charge in [-0.05, 0) is 30.7 Å². The standard InChI is InChI=1S/C17H18N6O2/c1-12-9-22(11-19-12)17-14(24-2)7-13(8-18-17)3-4-15-20-16-10-25-6-5-23(16)21-15/h3-4,7-9,11H,5-6,10H2,1-2H3/b4-3+. The molecule has 4 rings (SSSR count). The highest BCUT2D eigenvalue weighted by Gasteiger charge is 2.13. The van der Waals surface area contributed by atoms with Crippen LogP contribution in [0.1, 0.15) is 22.9 Å². The fourth-order valence-electron chi connectivity index (χ4n) is 2.66. The minimum Gasteiger partial charge on any atom is -0.493 e. The Morgan fingerprint density at radius 2 is 2.20 bits per heavy atom. The van der Waals surface area contributed by atoms with Crippen LogP contribution in [0.2, 0.25) is 0 Å². The first-order chi connectivity index (χ1) is 12.2. The molecule has 8 nitrogen and oxygen atoms in total. The van der Waals surface area contributed by atoms with Crippen LogP contribution < -0.4 is 4.74 Å². The average Bonchev–Trinajstić information content (AvgIpc) is 3.25. The van der Waals surface area contributed by atoms with Crippen molar-refractivity contribution in [1.82, 2.24) is 29.3 Å². The normalized spacial score (nSPS) is 14.0. The lowest BCUT2D eigenvalue weighted by Gasteiger charge is -2.11. The number of rotatable bonds is 4. The second-order valence-corrected chi connectivity index (χ2v) is 5.71. The summed E-state index contributed by atoms with van der Waals surface area (Å²) in [4.78, 5) is 13.2. The van der Waals surface area contributed by atoms with Crippen LogP contribution in [-0.2, 0) is 17.9 Å². The third kappa shape index (κ3) is 3.16. The molecule has 1 aliphatic rings. The number of methoxy groups -OCH3 is 1. The Kier molecular flexibility index (Phi) is 4.02. The molecule has 0 unspecified atom stereocenters. The highest BCUT2D eigenvalue weighted by molar-refractivity contribution is 5.67. The van der Waals surface area contributed by atoms with Crippen molar-refractivity contribution in [1.29, 1.82) is 0 Å². The zero-order valence-electron chi connectivity index (χ0n) is 14.1. The summed E-state index contributed by atoms with van der Waals surface area (Å²) in [5.41, 5.74) is 1.83. The van der Waals surface area contributed by atoms with E-state index < -0.39 is 0 Å². The number of hydrogen-bond acceptors (Lipinski definition) is 6. The Morgan fingerprint density at radius 3 is 2.96 bits per heavy atom. The number of pyridine rings is 1. The second-order valence-electron chi connectivity index (χ2n) is 5.71. The summed E-state index contributed by atoms with van der Waals surface area (Å²) < 4.78 is 14.6. The van der Waals surface area contributed by atoms with Crippen molar-refractivity contribution >= 4 is 12.2 Å². The zero-order chi connectivity index (χ0) is 17.2. The number of aryl methyl sites for hydroxylation is 1. The van der Waals surface area contributed by atoms with Gasteiger partial charge in [0.2, 0.25) is 0 Å². The molecule has 0 N–H and O–H groups in total. The molecule has 0 saturated heterocycles. The summed E-state index contributed by atoms with van der Waals surface area (Å²) in [5.74, 6) is 2.89. The molecule has 3 aromatic heterocycles. The van der Waals surface area contributed by atoms with Gasteiger partial charge in [0, 0.05) is 12.4 Å². The van der Waals surface area contributed by atoms with Gasteiger partial charge < -0.3 is 9.47 Å². The number of ether oxygens (including phenoxy) is 2. The van der Waals surface area contributed by atoms with E-state index in [1.807, 2.05) is 40.6 Å². The van der Waals surface area contributed by atoms with Crippen LogP contribution in [0.15, 0.2) is 24.8 Å². The van der Waals surface area contributed by atoms with Crippen molar-refractivity contribution in [3.8, 4) is 11.6 Å². The molecule has 0 aromatic carbocycles. The molecule has 1 aliphatic heterocycles. The molecule has 0 bridgehead atoms. The first-order valence-electron chi connectivity index (χ1n) is 7.97. The van der Waals surface area contributed by atoms with Crippen molar-refractivity contribution in [3.05, 3.63) is 47.7 Å². The van der Waals surface area contributed by atoms with E-state index >= 15 is 0 Å². The first-order valence-corrected chi connectivity index (χ1v) is 7.97. The Hall–Kier alpha value is -3.00. The van der Waals surface area contributed by atoms with Crippen LogP contribution >= 0.6 is 0 Å². The summed E-state index contributed by atoms with van der Waals surface area (Å²) in [6.45, 7) is 3.86. The van der Waals surface area contributed by atoms with Crippen LogP contribution in [0, 0.1) is 6.92 Å². The van der Waals surface area contributed by atoms with Gasteiger partial charge in [-0.2, -0.15) is 5.10 Å². The van der Waals surface area contributed by atoms with Crippen molar-refractivity contribution in [2.45, 2.75) is 20.1 Å². The van der Waals surface area contributed by atoms with E-state index in [2.05, 4.69) is 20.1 Å². The highest BCUT2D eigenvalue weighted by Crippen LogP contribution is 2.22. The first kappa shape index (κ1) is 15.5. The van der Waals surface area contributed by atoms with Gasteiger partial charge in [0.25, 0.3) is 0 Å². The van der Waals surface area contributed by atoms with Gasteiger partial charge in [0.05, 0.1) is 26.0 Å². The van der Waals surface area contributed by atoms with E-state index in [1.54, 1.807) is 19.6 Å². The Balaban J connectivity index is 1.59. The lowest BCUT2D eigenvalue weighted by atomic mass is 10.2. The SMILES string of the molecule is COc1cc(/C=C/c2nc3n(n2)CCOC3)cnc1-n1cnc(C)c1. The maximum Gasteiger partial charge on any atom is 0.180 e. The molecule has 8 heteroatoms. The summed E-state index contributed by atoms with van der Waals surface area (Å²) in [6, 6.07) is 1.92. The van der Waals surface area contributed by atoms with E-state index in [4.69, 9.17) is 9.47 Å². The Labute approximate surface area is 144 Å². The third-order valence-electron chi connectivity index (χ3n) is 3.90. The fourth-order valence-corrected chi connectivity index (χ4v) is 2.66. The van der Waals surface area contributed by atoms with Gasteiger partial charge in [-0.15, -0.1) is 0 Å². The van der Waals surface area contributed by atoms with Gasteiger partial charge in [-0.1, -0.05) is 0 Å². The minimum absolute atomic E-state index is 0.509. The van der Waals surface area contributed by atoms with Crippen LogP contribution in [0.4, 0.5) is 0 Å². The van der Waals surface area contributed by atoms with E-state index in [-0.39, 0.29) is 0 Å². The molecule has 3 aromatic rings. The highest BCUT2D eigenvalue weighted by atomic mass is 16.5. The van der Waals surface area contributed by atoms with Gasteiger partial charge in [0.1, 0.15) is 12.9 Å². The minimum atomic E-state index is 0.509. The van der Waals surface area contributed by atoms with Crippen LogP contribution in [-0.4, -0.2) is 43.0 Å². The summed E-state index contributed by atoms with van der Waals surface area (Å²) >= 11 is 0. The summed E-state index contributed by atoms with van der Waals surface area (Å²) in [6.07, 6.45) is 9.19. The molecule has 0 spiro atoms. The number of aromatic nitrogens is 6. The summed E-state index contributed by atoms with van der Waals surface area (Å²) in [7, 11) is 1.63. The lowest BCUT2D eigenvalue weighted by molar-refractivity contribution is 0.0769. The van der Waals surface area contributed by atoms with Crippen molar-refractivity contribution < 1.29 is 9.47 Å². The van der Waals surface area contributed by atoms with Crippen LogP contribution in [0.5, 0.6) is 5.75 Å². The molecule has 128 valence electrons. The van der Waals surface area contributed by atoms with Gasteiger partial charge in [-0.3, -0.25) is 4.57 Å². The maximum absolute atomic E-state index is 5.47. The van der Waals surface area contributed by atoms with Crippen molar-refractivity contribution in [2.24, 2.45) is 0 Å². The fraction of sp³-hybridized carbons (Fsp3) is 0.294. The van der Waals surface area contributed by atoms with E-state index in [1.165, 1.54) is 0 Å². The van der Waals surface area contributed by atoms with Gasteiger partial charge in [-0.25, -0.2) is 19.6 Å². The Morgan fingerprint density at radius 1 is 1.28 bits per heavy atom. The van der Waals surface area contributed by atoms with Crippen molar-refractivity contribution in [3.63, 3.8) is 0 Å². The number of fused-ring (bicyclic) bond motifs is 1. The molecule has 0 saturated carbocycles. The number of hydrogen-bond donors (Lipinski definition) is 0. The molecule has 25 heavy (non-hydrogen) atoms. The number of nitrogens with zero attached hydrogens (tertiary/aromatic N) is 6. The largest absolute Gasteiger partial charge is 0.493 e. The second kappa shape index (κ2) is 6.48. The topological polar surface area (TPSA) is 79.9 Å². The van der Waals surface area contributed by atoms with Gasteiger partial charge in [0.15, 0.2) is 23.2 Å². The average molecular weight is 338 g/mol. The van der Waals surface area contributed by atoms with E-state index in [0.29, 0.717) is 30.6 Å². The molecular weight excluding hydrogens is 320 g/mol. The smallest absolute Gasteiger partial charge is 0.180 e. The maximum atomic E-state index is 5.47. The quantitative estimate of drug-likeness (QED) is 0.722. The third-order valence-corrected chi connectivity index (χ3v) is 3.90. The van der Waals surface area contributed by atoms with Gasteiger partial charge >= 0.3 is 0 Å². The predicted octanol–water partition coefficient (Wildman–Crippen LogP) is 1.88. The van der Waals surface area contributed by atoms with E-state index in [0.717, 1.165) is 23.6 Å². The molecule has 0 radical (unpaired) electrons. The van der Waals surface area contributed by atoms with Crippen LogP contribution in [0.25, 0.3) is 18.0 Å². The Bertz CT molecular complexity index is 904. The molecule has 4 heterocycles.